The van der Waals surface area contributed by atoms with Crippen LogP contribution in [0, 0.1) is 37.8 Å². The molecule has 0 atom stereocenters. The van der Waals surface area contributed by atoms with E-state index in [9.17, 15) is 14.9 Å². The number of nitrogens with one attached hydrogen (secondary N) is 1. The molecule has 0 fully saturated rings. The number of amides is 1. The molecular formula is C21H21ClN4O4. The van der Waals surface area contributed by atoms with Gasteiger partial charge >= 0.3 is 0 Å². The van der Waals surface area contributed by atoms with E-state index in [0.717, 1.165) is 11.1 Å². The second kappa shape index (κ2) is 8.54. The largest absolute Gasteiger partial charge is 0.457 e. The Bertz CT molecular complexity index is 1140. The minimum absolute atomic E-state index is 0.0741. The number of ether oxygens (including phenoxy) is 1. The number of non-ortho nitro benzene ring substituents is 1. The SMILES string of the molecule is Cc1ccc(C)c(Oc2cc(NC(=O)Cn3nc(C)c(Cl)c3C)cc([N+](=O)[O-])c2)c1. The number of nitrogens with zero attached hydrogens (tertiary/aromatic N) is 3. The maximum atomic E-state index is 12.5. The zero-order chi connectivity index (χ0) is 22.0. The lowest BCUT2D eigenvalue weighted by Crippen LogP contribution is -2.20. The number of anilines is 1. The van der Waals surface area contributed by atoms with Crippen molar-refractivity contribution in [2.24, 2.45) is 0 Å². The highest BCUT2D eigenvalue weighted by atomic mass is 35.5. The minimum Gasteiger partial charge on any atom is -0.457 e. The Morgan fingerprint density at radius 3 is 2.57 bits per heavy atom. The first-order valence-electron chi connectivity index (χ1n) is 9.18. The number of aromatic nitrogens is 2. The van der Waals surface area contributed by atoms with Gasteiger partial charge in [0.25, 0.3) is 5.69 Å². The maximum Gasteiger partial charge on any atom is 0.275 e. The summed E-state index contributed by atoms with van der Waals surface area (Å²) in [5, 5.41) is 18.7. The van der Waals surface area contributed by atoms with E-state index in [1.54, 1.807) is 19.9 Å². The Hall–Kier alpha value is -3.39. The van der Waals surface area contributed by atoms with E-state index < -0.39 is 10.8 Å². The molecule has 8 nitrogen and oxygen atoms in total. The van der Waals surface area contributed by atoms with Crippen LogP contribution in [0.2, 0.25) is 5.02 Å². The standard InChI is InChI=1S/C21H21ClN4O4/c1-12-5-6-13(2)19(7-12)30-18-9-16(8-17(10-18)26(28)29)23-20(27)11-25-15(4)21(22)14(3)24-25/h5-10H,11H2,1-4H3,(H,23,27). The van der Waals surface area contributed by atoms with Crippen molar-refractivity contribution in [3.8, 4) is 11.5 Å². The summed E-state index contributed by atoms with van der Waals surface area (Å²) in [5.41, 5.74) is 3.24. The Morgan fingerprint density at radius 1 is 1.20 bits per heavy atom. The van der Waals surface area contributed by atoms with Crippen molar-refractivity contribution in [3.05, 3.63) is 74.0 Å². The van der Waals surface area contributed by atoms with Gasteiger partial charge in [-0.3, -0.25) is 19.6 Å². The topological polar surface area (TPSA) is 99.3 Å². The molecule has 0 aliphatic carbocycles. The molecule has 0 saturated carbocycles. The summed E-state index contributed by atoms with van der Waals surface area (Å²) in [6.07, 6.45) is 0. The van der Waals surface area contributed by atoms with Crippen molar-refractivity contribution < 1.29 is 14.5 Å². The van der Waals surface area contributed by atoms with E-state index in [4.69, 9.17) is 16.3 Å². The first-order valence-corrected chi connectivity index (χ1v) is 9.56. The van der Waals surface area contributed by atoms with E-state index in [0.29, 0.717) is 22.2 Å². The quantitative estimate of drug-likeness (QED) is 0.434. The molecule has 1 N–H and O–H groups in total. The number of rotatable bonds is 6. The predicted molar refractivity (Wildman–Crippen MR) is 114 cm³/mol. The van der Waals surface area contributed by atoms with Gasteiger partial charge in [0.15, 0.2) is 0 Å². The fourth-order valence-corrected chi connectivity index (χ4v) is 3.06. The van der Waals surface area contributed by atoms with Crippen LogP contribution >= 0.6 is 11.6 Å². The third kappa shape index (κ3) is 4.77. The number of halogens is 1. The summed E-state index contributed by atoms with van der Waals surface area (Å²) in [6.45, 7) is 7.25. The zero-order valence-electron chi connectivity index (χ0n) is 17.0. The summed E-state index contributed by atoms with van der Waals surface area (Å²) < 4.78 is 7.35. The molecule has 9 heteroatoms. The average molecular weight is 429 g/mol. The van der Waals surface area contributed by atoms with Gasteiger partial charge in [0.05, 0.1) is 33.1 Å². The molecule has 3 rings (SSSR count). The van der Waals surface area contributed by atoms with Gasteiger partial charge in [0.1, 0.15) is 18.0 Å². The third-order valence-corrected chi connectivity index (χ3v) is 5.09. The summed E-state index contributed by atoms with van der Waals surface area (Å²) in [5.74, 6) is 0.447. The smallest absolute Gasteiger partial charge is 0.275 e. The average Bonchev–Trinajstić information content (AvgIpc) is 2.91. The van der Waals surface area contributed by atoms with Crippen molar-refractivity contribution >= 4 is 28.9 Å². The molecule has 3 aromatic rings. The lowest BCUT2D eigenvalue weighted by atomic mass is 10.1. The van der Waals surface area contributed by atoms with Gasteiger partial charge in [-0.2, -0.15) is 5.10 Å². The molecule has 0 spiro atoms. The van der Waals surface area contributed by atoms with Gasteiger partial charge in [0, 0.05) is 12.1 Å². The van der Waals surface area contributed by atoms with Crippen LogP contribution < -0.4 is 10.1 Å². The Labute approximate surface area is 178 Å². The highest BCUT2D eigenvalue weighted by molar-refractivity contribution is 6.31. The lowest BCUT2D eigenvalue weighted by molar-refractivity contribution is -0.384. The number of aryl methyl sites for hydroxylation is 3. The number of benzene rings is 2. The van der Waals surface area contributed by atoms with Crippen LogP contribution in [0.3, 0.4) is 0 Å². The molecule has 30 heavy (non-hydrogen) atoms. The molecular weight excluding hydrogens is 408 g/mol. The van der Waals surface area contributed by atoms with E-state index in [1.807, 2.05) is 32.0 Å². The lowest BCUT2D eigenvalue weighted by Gasteiger charge is -2.12. The van der Waals surface area contributed by atoms with Crippen molar-refractivity contribution in [2.45, 2.75) is 34.2 Å². The molecule has 1 aromatic heterocycles. The van der Waals surface area contributed by atoms with Gasteiger partial charge < -0.3 is 10.1 Å². The van der Waals surface area contributed by atoms with Crippen molar-refractivity contribution in [3.63, 3.8) is 0 Å². The summed E-state index contributed by atoms with van der Waals surface area (Å²) in [4.78, 5) is 23.3. The Morgan fingerprint density at radius 2 is 1.93 bits per heavy atom. The molecule has 0 unspecified atom stereocenters. The number of carbonyl (C=O) groups excluding carboxylic acids is 1. The molecule has 0 saturated heterocycles. The van der Waals surface area contributed by atoms with Crippen LogP contribution in [0.15, 0.2) is 36.4 Å². The summed E-state index contributed by atoms with van der Waals surface area (Å²) in [7, 11) is 0. The third-order valence-electron chi connectivity index (χ3n) is 4.54. The van der Waals surface area contributed by atoms with Crippen LogP contribution in [0.4, 0.5) is 11.4 Å². The highest BCUT2D eigenvalue weighted by Crippen LogP contribution is 2.31. The van der Waals surface area contributed by atoms with E-state index in [2.05, 4.69) is 10.4 Å². The number of nitro groups is 1. The molecule has 2 aromatic carbocycles. The fourth-order valence-electron chi connectivity index (χ4n) is 2.93. The first kappa shape index (κ1) is 21.3. The van der Waals surface area contributed by atoms with Crippen LogP contribution in [0.1, 0.15) is 22.5 Å². The molecule has 1 heterocycles. The molecule has 0 aliphatic rings. The van der Waals surface area contributed by atoms with Gasteiger partial charge in [-0.05, 0) is 44.9 Å². The van der Waals surface area contributed by atoms with Gasteiger partial charge in [0.2, 0.25) is 5.91 Å². The maximum absolute atomic E-state index is 12.5. The first-order chi connectivity index (χ1) is 14.1. The fraction of sp³-hybridized carbons (Fsp3) is 0.238. The summed E-state index contributed by atoms with van der Waals surface area (Å²) >= 11 is 6.11. The van der Waals surface area contributed by atoms with Crippen molar-refractivity contribution in [1.29, 1.82) is 0 Å². The zero-order valence-corrected chi connectivity index (χ0v) is 17.8. The second-order valence-electron chi connectivity index (χ2n) is 7.03. The van der Waals surface area contributed by atoms with E-state index in [-0.39, 0.29) is 23.7 Å². The predicted octanol–water partition coefficient (Wildman–Crippen LogP) is 5.11. The highest BCUT2D eigenvalue weighted by Gasteiger charge is 2.16. The molecule has 1 amide bonds. The van der Waals surface area contributed by atoms with Gasteiger partial charge in [-0.25, -0.2) is 0 Å². The minimum atomic E-state index is -0.535. The Balaban J connectivity index is 1.85. The molecule has 156 valence electrons. The van der Waals surface area contributed by atoms with Crippen molar-refractivity contribution in [2.75, 3.05) is 5.32 Å². The number of hydrogen-bond acceptors (Lipinski definition) is 5. The van der Waals surface area contributed by atoms with Gasteiger partial charge in [-0.1, -0.05) is 23.7 Å². The van der Waals surface area contributed by atoms with Crippen LogP contribution in [0.5, 0.6) is 11.5 Å². The van der Waals surface area contributed by atoms with Crippen molar-refractivity contribution in [1.82, 2.24) is 9.78 Å². The van der Waals surface area contributed by atoms with Crippen LogP contribution in [-0.2, 0) is 11.3 Å². The van der Waals surface area contributed by atoms with Crippen LogP contribution in [-0.4, -0.2) is 20.6 Å². The summed E-state index contributed by atoms with van der Waals surface area (Å²) in [6, 6.07) is 9.84. The number of nitro benzene ring substituents is 1. The van der Waals surface area contributed by atoms with E-state index >= 15 is 0 Å². The van der Waals surface area contributed by atoms with Gasteiger partial charge in [-0.15, -0.1) is 0 Å². The monoisotopic (exact) mass is 428 g/mol. The molecule has 0 bridgehead atoms. The second-order valence-corrected chi connectivity index (χ2v) is 7.41. The molecule has 0 aliphatic heterocycles. The van der Waals surface area contributed by atoms with Crippen LogP contribution in [0.25, 0.3) is 0 Å². The Kier molecular flexibility index (Phi) is 6.07. The number of hydrogen-bond donors (Lipinski definition) is 1. The van der Waals surface area contributed by atoms with E-state index in [1.165, 1.54) is 16.8 Å². The normalized spacial score (nSPS) is 10.7. The molecule has 0 radical (unpaired) electrons. The number of carbonyl (C=O) groups is 1.